The van der Waals surface area contributed by atoms with Crippen molar-refractivity contribution in [2.75, 3.05) is 12.8 Å². The van der Waals surface area contributed by atoms with Gasteiger partial charge in [0.1, 0.15) is 11.9 Å². The molecule has 9 nitrogen and oxygen atoms in total. The normalized spacial score (nSPS) is 14.5. The molecule has 0 spiro atoms. The number of nitrogens with two attached hydrogens (primary N) is 1. The van der Waals surface area contributed by atoms with Crippen LogP contribution in [0.3, 0.4) is 0 Å². The van der Waals surface area contributed by atoms with Gasteiger partial charge in [-0.2, -0.15) is 28.1 Å². The lowest BCUT2D eigenvalue weighted by Crippen LogP contribution is -2.25. The lowest BCUT2D eigenvalue weighted by Gasteiger charge is -2.25. The van der Waals surface area contributed by atoms with E-state index in [1.54, 1.807) is 0 Å². The van der Waals surface area contributed by atoms with Gasteiger partial charge in [0.15, 0.2) is 11.5 Å². The Morgan fingerprint density at radius 3 is 2.42 bits per heavy atom. The number of aromatic nitrogens is 4. The van der Waals surface area contributed by atoms with E-state index >= 15 is 0 Å². The number of carboxylic acid groups (broad SMARTS) is 1. The zero-order valence-electron chi connectivity index (χ0n) is 12.4. The molecule has 0 atom stereocenters. The van der Waals surface area contributed by atoms with Gasteiger partial charge in [-0.15, -0.1) is 0 Å². The van der Waals surface area contributed by atoms with E-state index in [4.69, 9.17) is 25.1 Å². The minimum Gasteiger partial charge on any atom is -0.475 e. The molecule has 0 unspecified atom stereocenters. The molecule has 2 heterocycles. The summed E-state index contributed by atoms with van der Waals surface area (Å²) in [6.07, 6.45) is -1.53. The van der Waals surface area contributed by atoms with Gasteiger partial charge in [0.2, 0.25) is 0 Å². The molecular formula is C12H14F3N5O4. The second-order valence-corrected chi connectivity index (χ2v) is 4.81. The molecule has 2 aliphatic heterocycles. The molecule has 3 rings (SSSR count). The second kappa shape index (κ2) is 6.76. The van der Waals surface area contributed by atoms with Crippen molar-refractivity contribution in [2.24, 2.45) is 0 Å². The van der Waals surface area contributed by atoms with E-state index in [0.717, 1.165) is 12.8 Å². The number of aromatic amines is 1. The Labute approximate surface area is 133 Å². The Morgan fingerprint density at radius 2 is 1.96 bits per heavy atom. The number of imidazole rings is 1. The zero-order valence-corrected chi connectivity index (χ0v) is 12.4. The molecule has 0 bridgehead atoms. The van der Waals surface area contributed by atoms with Gasteiger partial charge in [-0.3, -0.25) is 4.98 Å². The maximum Gasteiger partial charge on any atom is 0.490 e. The lowest BCUT2D eigenvalue weighted by atomic mass is 9.96. The summed E-state index contributed by atoms with van der Waals surface area (Å²) in [4.78, 5) is 24.1. The molecule has 0 aromatic carbocycles. The molecule has 1 aliphatic carbocycles. The number of nitrogens with zero attached hydrogens (tertiary/aromatic N) is 3. The first-order chi connectivity index (χ1) is 11.2. The van der Waals surface area contributed by atoms with E-state index in [9.17, 15) is 13.2 Å². The van der Waals surface area contributed by atoms with Crippen LogP contribution in [0.5, 0.6) is 12.0 Å². The molecular weight excluding hydrogens is 335 g/mol. The number of H-pyrrole nitrogens is 1. The summed E-state index contributed by atoms with van der Waals surface area (Å²) in [6.45, 7) is 0. The average Bonchev–Trinajstić information content (AvgIpc) is 2.86. The number of nitrogens with one attached hydrogen (secondary N) is 1. The first kappa shape index (κ1) is 17.6. The predicted octanol–water partition coefficient (Wildman–Crippen LogP) is 1.46. The summed E-state index contributed by atoms with van der Waals surface area (Å²) >= 11 is 0. The maximum absolute atomic E-state index is 10.6. The molecule has 3 aliphatic rings. The van der Waals surface area contributed by atoms with Crippen LogP contribution in [0.2, 0.25) is 0 Å². The minimum absolute atomic E-state index is 0.236. The quantitative estimate of drug-likeness (QED) is 0.757. The molecule has 0 radical (unpaired) electrons. The largest absolute Gasteiger partial charge is 0.490 e. The van der Waals surface area contributed by atoms with Crippen LogP contribution in [0.15, 0.2) is 0 Å². The Morgan fingerprint density at radius 1 is 1.33 bits per heavy atom. The van der Waals surface area contributed by atoms with Gasteiger partial charge in [0, 0.05) is 0 Å². The second-order valence-electron chi connectivity index (χ2n) is 4.81. The Balaban J connectivity index is 0.000000256. The summed E-state index contributed by atoms with van der Waals surface area (Å²) in [7, 11) is 1.50. The number of alkyl halides is 3. The van der Waals surface area contributed by atoms with E-state index in [2.05, 4.69) is 19.9 Å². The summed E-state index contributed by atoms with van der Waals surface area (Å²) in [5.41, 5.74) is 6.33. The first-order valence-corrected chi connectivity index (χ1v) is 6.74. The van der Waals surface area contributed by atoms with Gasteiger partial charge in [-0.1, -0.05) is 0 Å². The summed E-state index contributed by atoms with van der Waals surface area (Å²) in [5.74, 6) is -1.93. The van der Waals surface area contributed by atoms with Gasteiger partial charge in [0.05, 0.1) is 7.11 Å². The van der Waals surface area contributed by atoms with Gasteiger partial charge < -0.3 is 20.3 Å². The van der Waals surface area contributed by atoms with Crippen LogP contribution in [-0.2, 0) is 4.79 Å². The van der Waals surface area contributed by atoms with Crippen LogP contribution in [0.4, 0.5) is 19.0 Å². The van der Waals surface area contributed by atoms with Crippen LogP contribution in [0.1, 0.15) is 19.3 Å². The summed E-state index contributed by atoms with van der Waals surface area (Å²) in [5, 5.41) is 7.12. The fourth-order valence-electron chi connectivity index (χ4n) is 1.66. The highest BCUT2D eigenvalue weighted by Gasteiger charge is 2.38. The molecule has 4 N–H and O–H groups in total. The van der Waals surface area contributed by atoms with Crippen LogP contribution in [0, 0.1) is 0 Å². The fourth-order valence-corrected chi connectivity index (χ4v) is 1.66. The van der Waals surface area contributed by atoms with Crippen molar-refractivity contribution < 1.29 is 32.5 Å². The number of aliphatic carboxylic acids is 1. The van der Waals surface area contributed by atoms with Crippen LogP contribution >= 0.6 is 0 Å². The van der Waals surface area contributed by atoms with Crippen LogP contribution in [0.25, 0.3) is 11.5 Å². The standard InChI is InChI=1S/C10H13N5O2.C2HF3O2/c1-16-9-12-6-7(11)13-10(15-8(6)14-9)17-5-3-2-4-5;3-2(4,5)1(6)7/h5H,2-4H2,1H3,(H3,11,12,13,14,15);(H,6,7). The molecule has 0 amide bonds. The van der Waals surface area contributed by atoms with E-state index in [1.165, 1.54) is 13.5 Å². The number of rotatable bonds is 3. The Kier molecular flexibility index (Phi) is 4.95. The van der Waals surface area contributed by atoms with E-state index < -0.39 is 12.1 Å². The van der Waals surface area contributed by atoms with Crippen molar-refractivity contribution in [3.63, 3.8) is 0 Å². The molecule has 1 fully saturated rings. The highest BCUT2D eigenvalue weighted by Crippen LogP contribution is 2.29. The highest BCUT2D eigenvalue weighted by atomic mass is 19.4. The molecule has 24 heavy (non-hydrogen) atoms. The number of hydrogen-bond donors (Lipinski definition) is 3. The van der Waals surface area contributed by atoms with Crippen molar-refractivity contribution in [1.29, 1.82) is 0 Å². The van der Waals surface area contributed by atoms with Gasteiger partial charge in [-0.05, 0) is 19.3 Å². The number of ether oxygens (including phenoxy) is 2. The van der Waals surface area contributed by atoms with Crippen molar-refractivity contribution >= 4 is 11.8 Å². The monoisotopic (exact) mass is 349 g/mol. The minimum atomic E-state index is -5.08. The number of fused-ring (bicyclic) bond motifs is 1. The number of carbonyl (C=O) groups is 1. The number of halogens is 3. The third-order valence-electron chi connectivity index (χ3n) is 3.08. The van der Waals surface area contributed by atoms with Gasteiger partial charge >= 0.3 is 18.2 Å². The molecule has 0 aromatic heterocycles. The van der Waals surface area contributed by atoms with Gasteiger partial charge in [-0.25, -0.2) is 4.79 Å². The molecule has 132 valence electrons. The third-order valence-corrected chi connectivity index (χ3v) is 3.08. The van der Waals surface area contributed by atoms with Crippen molar-refractivity contribution in [1.82, 2.24) is 19.9 Å². The Bertz CT molecular complexity index is 686. The molecule has 0 saturated heterocycles. The number of anilines is 1. The van der Waals surface area contributed by atoms with Crippen LogP contribution in [-0.4, -0.2) is 50.4 Å². The highest BCUT2D eigenvalue weighted by molar-refractivity contribution is 5.73. The van der Waals surface area contributed by atoms with Crippen LogP contribution < -0.4 is 15.2 Å². The SMILES string of the molecule is COc1nc2nc(OC3CCC3)[nH]c(N)c-2n1.O=C(O)C(F)(F)F. The fraction of sp³-hybridized carbons (Fsp3) is 0.500. The van der Waals surface area contributed by atoms with E-state index in [1.807, 2.05) is 0 Å². The summed E-state index contributed by atoms with van der Waals surface area (Å²) in [6, 6.07) is 0.649. The lowest BCUT2D eigenvalue weighted by molar-refractivity contribution is -0.192. The number of methoxy groups -OCH3 is 1. The average molecular weight is 349 g/mol. The van der Waals surface area contributed by atoms with E-state index in [-0.39, 0.29) is 12.1 Å². The summed E-state index contributed by atoms with van der Waals surface area (Å²) < 4.78 is 42.3. The first-order valence-electron chi connectivity index (χ1n) is 6.74. The molecule has 0 aromatic rings. The maximum atomic E-state index is 10.6. The predicted molar refractivity (Wildman–Crippen MR) is 73.7 cm³/mol. The molecule has 12 heteroatoms. The zero-order chi connectivity index (χ0) is 17.9. The smallest absolute Gasteiger partial charge is 0.475 e. The van der Waals surface area contributed by atoms with Crippen molar-refractivity contribution in [3.05, 3.63) is 0 Å². The number of carboxylic acids is 1. The third kappa shape index (κ3) is 4.14. The topological polar surface area (TPSA) is 136 Å². The van der Waals surface area contributed by atoms with Crippen molar-refractivity contribution in [2.45, 2.75) is 31.5 Å². The number of hydrogen-bond acceptors (Lipinski definition) is 7. The number of nitrogen functional groups attached to an aromatic ring is 1. The Hall–Kier alpha value is -2.79. The molecule has 1 saturated carbocycles. The van der Waals surface area contributed by atoms with Gasteiger partial charge in [0.25, 0.3) is 6.01 Å². The van der Waals surface area contributed by atoms with Crippen molar-refractivity contribution in [3.8, 4) is 23.5 Å². The van der Waals surface area contributed by atoms with E-state index in [0.29, 0.717) is 23.3 Å².